The number of aryl methyl sites for hydroxylation is 1. The van der Waals surface area contributed by atoms with Gasteiger partial charge in [0.05, 0.1) is 11.8 Å². The molecule has 2 rings (SSSR count). The van der Waals surface area contributed by atoms with Gasteiger partial charge in [0.15, 0.2) is 0 Å². The van der Waals surface area contributed by atoms with Crippen LogP contribution in [0.15, 0.2) is 36.7 Å². The molecule has 0 fully saturated rings. The summed E-state index contributed by atoms with van der Waals surface area (Å²) in [5.74, 6) is 0. The van der Waals surface area contributed by atoms with Crippen LogP contribution in [-0.2, 0) is 12.7 Å². The van der Waals surface area contributed by atoms with Crippen LogP contribution in [0.25, 0.3) is 11.1 Å². The van der Waals surface area contributed by atoms with Crippen LogP contribution in [0.2, 0.25) is 0 Å². The maximum Gasteiger partial charge on any atom is 0.416 e. The minimum atomic E-state index is -4.34. The van der Waals surface area contributed by atoms with Gasteiger partial charge in [0, 0.05) is 24.9 Å². The molecule has 1 aromatic heterocycles. The molecule has 0 bridgehead atoms. The summed E-state index contributed by atoms with van der Waals surface area (Å²) in [5, 5.41) is 12.8. The van der Waals surface area contributed by atoms with Crippen LogP contribution in [0.3, 0.4) is 0 Å². The Morgan fingerprint density at radius 1 is 1.21 bits per heavy atom. The van der Waals surface area contributed by atoms with E-state index < -0.39 is 11.7 Å². The standard InChI is InChI=1S/C13H13F3N2O/c14-13(15,16)12-4-1-3-10(7-12)11-8-17-18(9-11)5-2-6-19/h1,3-4,7-9,19H,2,5-6H2. The predicted octanol–water partition coefficient (Wildman–Crippen LogP) is 2.95. The van der Waals surface area contributed by atoms with Crippen LogP contribution in [0, 0.1) is 0 Å². The molecule has 6 heteroatoms. The van der Waals surface area contributed by atoms with Gasteiger partial charge >= 0.3 is 6.18 Å². The molecule has 0 radical (unpaired) electrons. The second-order valence-corrected chi connectivity index (χ2v) is 4.15. The van der Waals surface area contributed by atoms with Crippen LogP contribution in [-0.4, -0.2) is 21.5 Å². The van der Waals surface area contributed by atoms with Gasteiger partial charge in [-0.05, 0) is 24.1 Å². The molecule has 0 saturated carbocycles. The van der Waals surface area contributed by atoms with Crippen molar-refractivity contribution in [3.8, 4) is 11.1 Å². The SMILES string of the molecule is OCCCn1cc(-c2cccc(C(F)(F)F)c2)cn1. The van der Waals surface area contributed by atoms with Crippen LogP contribution in [0.1, 0.15) is 12.0 Å². The Hall–Kier alpha value is -1.82. The van der Waals surface area contributed by atoms with E-state index in [2.05, 4.69) is 5.10 Å². The lowest BCUT2D eigenvalue weighted by Crippen LogP contribution is -2.04. The number of hydrogen-bond acceptors (Lipinski definition) is 2. The highest BCUT2D eigenvalue weighted by atomic mass is 19.4. The summed E-state index contributed by atoms with van der Waals surface area (Å²) < 4.78 is 39.4. The van der Waals surface area contributed by atoms with E-state index in [1.807, 2.05) is 0 Å². The molecule has 0 aliphatic rings. The van der Waals surface area contributed by atoms with Crippen molar-refractivity contribution < 1.29 is 18.3 Å². The van der Waals surface area contributed by atoms with Crippen molar-refractivity contribution in [2.24, 2.45) is 0 Å². The fraction of sp³-hybridized carbons (Fsp3) is 0.308. The first-order valence-corrected chi connectivity index (χ1v) is 5.81. The monoisotopic (exact) mass is 270 g/mol. The lowest BCUT2D eigenvalue weighted by molar-refractivity contribution is -0.137. The number of halogens is 3. The van der Waals surface area contributed by atoms with Gasteiger partial charge in [0.25, 0.3) is 0 Å². The normalized spacial score (nSPS) is 11.8. The Morgan fingerprint density at radius 3 is 2.68 bits per heavy atom. The minimum Gasteiger partial charge on any atom is -0.396 e. The molecule has 1 N–H and O–H groups in total. The summed E-state index contributed by atoms with van der Waals surface area (Å²) in [6.07, 6.45) is -0.593. The predicted molar refractivity (Wildman–Crippen MR) is 64.4 cm³/mol. The zero-order chi connectivity index (χ0) is 13.9. The second-order valence-electron chi connectivity index (χ2n) is 4.15. The maximum atomic E-state index is 12.6. The molecule has 102 valence electrons. The number of nitrogens with zero attached hydrogens (tertiary/aromatic N) is 2. The molecule has 0 amide bonds. The number of aliphatic hydroxyl groups excluding tert-OH is 1. The summed E-state index contributed by atoms with van der Waals surface area (Å²) in [5.41, 5.74) is 0.433. The van der Waals surface area contributed by atoms with Crippen LogP contribution >= 0.6 is 0 Å². The molecule has 1 heterocycles. The fourth-order valence-corrected chi connectivity index (χ4v) is 1.74. The Kier molecular flexibility index (Phi) is 3.90. The zero-order valence-corrected chi connectivity index (χ0v) is 10.1. The molecule has 0 atom stereocenters. The van der Waals surface area contributed by atoms with Crippen molar-refractivity contribution in [1.29, 1.82) is 0 Å². The third-order valence-electron chi connectivity index (χ3n) is 2.70. The number of aromatic nitrogens is 2. The molecule has 0 unspecified atom stereocenters. The Balaban J connectivity index is 2.24. The zero-order valence-electron chi connectivity index (χ0n) is 10.1. The van der Waals surface area contributed by atoms with E-state index in [9.17, 15) is 13.2 Å². The van der Waals surface area contributed by atoms with Gasteiger partial charge in [-0.3, -0.25) is 4.68 Å². The van der Waals surface area contributed by atoms with Crippen molar-refractivity contribution in [3.05, 3.63) is 42.2 Å². The first-order chi connectivity index (χ1) is 9.00. The highest BCUT2D eigenvalue weighted by Crippen LogP contribution is 2.31. The molecular formula is C13H13F3N2O. The van der Waals surface area contributed by atoms with E-state index in [0.717, 1.165) is 12.1 Å². The van der Waals surface area contributed by atoms with E-state index >= 15 is 0 Å². The molecule has 3 nitrogen and oxygen atoms in total. The van der Waals surface area contributed by atoms with Crippen LogP contribution in [0.4, 0.5) is 13.2 Å². The minimum absolute atomic E-state index is 0.0543. The van der Waals surface area contributed by atoms with Gasteiger partial charge in [-0.25, -0.2) is 0 Å². The summed E-state index contributed by atoms with van der Waals surface area (Å²) in [6, 6.07) is 5.14. The van der Waals surface area contributed by atoms with Crippen molar-refractivity contribution in [3.63, 3.8) is 0 Å². The van der Waals surface area contributed by atoms with Crippen molar-refractivity contribution in [2.75, 3.05) is 6.61 Å². The lowest BCUT2D eigenvalue weighted by Gasteiger charge is -2.07. The number of alkyl halides is 3. The quantitative estimate of drug-likeness (QED) is 0.927. The Labute approximate surface area is 108 Å². The van der Waals surface area contributed by atoms with Crippen molar-refractivity contribution >= 4 is 0 Å². The van der Waals surface area contributed by atoms with Crippen molar-refractivity contribution in [1.82, 2.24) is 9.78 Å². The van der Waals surface area contributed by atoms with Gasteiger partial charge in [-0.2, -0.15) is 18.3 Å². The van der Waals surface area contributed by atoms with E-state index in [1.165, 1.54) is 12.3 Å². The fourth-order valence-electron chi connectivity index (χ4n) is 1.74. The molecule has 2 aromatic rings. The van der Waals surface area contributed by atoms with Gasteiger partial charge in [-0.15, -0.1) is 0 Å². The van der Waals surface area contributed by atoms with Gasteiger partial charge in [0.1, 0.15) is 0 Å². The summed E-state index contributed by atoms with van der Waals surface area (Å²) in [4.78, 5) is 0. The van der Waals surface area contributed by atoms with Crippen molar-refractivity contribution in [2.45, 2.75) is 19.1 Å². The molecular weight excluding hydrogens is 257 g/mol. The molecule has 19 heavy (non-hydrogen) atoms. The first kappa shape index (κ1) is 13.6. The maximum absolute atomic E-state index is 12.6. The average Bonchev–Trinajstić information content (AvgIpc) is 2.84. The van der Waals surface area contributed by atoms with Gasteiger partial charge in [-0.1, -0.05) is 12.1 Å². The third-order valence-corrected chi connectivity index (χ3v) is 2.70. The largest absolute Gasteiger partial charge is 0.416 e. The van der Waals surface area contributed by atoms with Crippen LogP contribution in [0.5, 0.6) is 0 Å². The summed E-state index contributed by atoms with van der Waals surface area (Å²) in [6.45, 7) is 0.591. The molecule has 0 aliphatic carbocycles. The van der Waals surface area contributed by atoms with E-state index in [0.29, 0.717) is 24.1 Å². The van der Waals surface area contributed by atoms with E-state index in [-0.39, 0.29) is 6.61 Å². The Bertz CT molecular complexity index is 549. The average molecular weight is 270 g/mol. The molecule has 1 aromatic carbocycles. The number of hydrogen-bond donors (Lipinski definition) is 1. The number of rotatable bonds is 4. The second kappa shape index (κ2) is 5.44. The molecule has 0 spiro atoms. The number of benzene rings is 1. The molecule has 0 aliphatic heterocycles. The highest BCUT2D eigenvalue weighted by Gasteiger charge is 2.30. The smallest absolute Gasteiger partial charge is 0.396 e. The van der Waals surface area contributed by atoms with Crippen LogP contribution < -0.4 is 0 Å². The summed E-state index contributed by atoms with van der Waals surface area (Å²) in [7, 11) is 0. The topological polar surface area (TPSA) is 38.0 Å². The number of aliphatic hydroxyl groups is 1. The first-order valence-electron chi connectivity index (χ1n) is 5.81. The Morgan fingerprint density at radius 2 is 2.00 bits per heavy atom. The van der Waals surface area contributed by atoms with E-state index in [4.69, 9.17) is 5.11 Å². The van der Waals surface area contributed by atoms with Gasteiger partial charge < -0.3 is 5.11 Å². The third kappa shape index (κ3) is 3.35. The lowest BCUT2D eigenvalue weighted by atomic mass is 10.1. The van der Waals surface area contributed by atoms with E-state index in [1.54, 1.807) is 16.9 Å². The molecule has 0 saturated heterocycles. The summed E-state index contributed by atoms with van der Waals surface area (Å²) >= 11 is 0. The highest BCUT2D eigenvalue weighted by molar-refractivity contribution is 5.62. The van der Waals surface area contributed by atoms with Gasteiger partial charge in [0.2, 0.25) is 0 Å².